The van der Waals surface area contributed by atoms with Gasteiger partial charge in [-0.1, -0.05) is 62.6 Å². The number of allylic oxidation sites excluding steroid dienone is 3. The lowest BCUT2D eigenvalue weighted by Crippen LogP contribution is -2.31. The SMILES string of the molecule is CC(c1ccc(C2CCCCC2)cc1)(c1ccc(O)cc1O)C1C=CC(O)=C1. The summed E-state index contributed by atoms with van der Waals surface area (Å²) in [5, 5.41) is 30.3. The zero-order chi connectivity index (χ0) is 19.7. The molecule has 2 aromatic rings. The Morgan fingerprint density at radius 3 is 2.21 bits per heavy atom. The van der Waals surface area contributed by atoms with E-state index in [1.807, 2.05) is 12.2 Å². The van der Waals surface area contributed by atoms with E-state index in [1.54, 1.807) is 18.2 Å². The van der Waals surface area contributed by atoms with Crippen LogP contribution in [0.1, 0.15) is 61.6 Å². The van der Waals surface area contributed by atoms with Crippen molar-refractivity contribution in [3.63, 3.8) is 0 Å². The average Bonchev–Trinajstić information content (AvgIpc) is 3.15. The number of phenolic OH excluding ortho intramolecular Hbond substituents is 2. The van der Waals surface area contributed by atoms with E-state index in [0.29, 0.717) is 5.92 Å². The summed E-state index contributed by atoms with van der Waals surface area (Å²) in [5.74, 6) is 0.895. The van der Waals surface area contributed by atoms with Crippen LogP contribution in [0.3, 0.4) is 0 Å². The zero-order valence-electron chi connectivity index (χ0n) is 16.3. The summed E-state index contributed by atoms with van der Waals surface area (Å²) in [6.07, 6.45) is 12.0. The van der Waals surface area contributed by atoms with E-state index in [2.05, 4.69) is 31.2 Å². The second kappa shape index (κ2) is 7.38. The van der Waals surface area contributed by atoms with Gasteiger partial charge in [-0.3, -0.25) is 0 Å². The van der Waals surface area contributed by atoms with E-state index in [1.165, 1.54) is 43.7 Å². The van der Waals surface area contributed by atoms with Crippen molar-refractivity contribution in [3.8, 4) is 11.5 Å². The van der Waals surface area contributed by atoms with E-state index in [0.717, 1.165) is 11.1 Å². The van der Waals surface area contributed by atoms with Crippen LogP contribution in [0.25, 0.3) is 0 Å². The molecule has 0 aliphatic heterocycles. The van der Waals surface area contributed by atoms with E-state index in [9.17, 15) is 15.3 Å². The summed E-state index contributed by atoms with van der Waals surface area (Å²) < 4.78 is 0. The predicted octanol–water partition coefficient (Wildman–Crippen LogP) is 6.08. The van der Waals surface area contributed by atoms with Crippen molar-refractivity contribution in [2.45, 2.75) is 50.4 Å². The fourth-order valence-electron chi connectivity index (χ4n) is 4.88. The van der Waals surface area contributed by atoms with Crippen molar-refractivity contribution < 1.29 is 15.3 Å². The lowest BCUT2D eigenvalue weighted by molar-refractivity contribution is 0.404. The molecule has 3 nitrogen and oxygen atoms in total. The van der Waals surface area contributed by atoms with Gasteiger partial charge in [0.15, 0.2) is 0 Å². The van der Waals surface area contributed by atoms with Crippen LogP contribution in [0, 0.1) is 5.92 Å². The molecular formula is C25H28O3. The number of aromatic hydroxyl groups is 2. The molecule has 28 heavy (non-hydrogen) atoms. The average molecular weight is 376 g/mol. The Labute approximate surface area is 166 Å². The molecule has 0 spiro atoms. The highest BCUT2D eigenvalue weighted by Gasteiger charge is 2.39. The van der Waals surface area contributed by atoms with Crippen LogP contribution in [-0.2, 0) is 5.41 Å². The summed E-state index contributed by atoms with van der Waals surface area (Å²) in [4.78, 5) is 0. The number of hydrogen-bond acceptors (Lipinski definition) is 3. The molecule has 1 fully saturated rings. The quantitative estimate of drug-likeness (QED) is 0.606. The Morgan fingerprint density at radius 2 is 1.61 bits per heavy atom. The number of phenols is 2. The Kier molecular flexibility index (Phi) is 4.92. The Morgan fingerprint density at radius 1 is 0.893 bits per heavy atom. The third kappa shape index (κ3) is 3.30. The molecule has 0 radical (unpaired) electrons. The normalized spacial score (nSPS) is 22.0. The first-order valence-electron chi connectivity index (χ1n) is 10.2. The second-order valence-corrected chi connectivity index (χ2v) is 8.34. The maximum absolute atomic E-state index is 10.6. The van der Waals surface area contributed by atoms with Gasteiger partial charge in [0.05, 0.1) is 0 Å². The highest BCUT2D eigenvalue weighted by atomic mass is 16.3. The van der Waals surface area contributed by atoms with Crippen LogP contribution in [0.15, 0.2) is 66.5 Å². The van der Waals surface area contributed by atoms with E-state index >= 15 is 0 Å². The van der Waals surface area contributed by atoms with Crippen molar-refractivity contribution in [2.24, 2.45) is 5.92 Å². The van der Waals surface area contributed by atoms with Crippen LogP contribution < -0.4 is 0 Å². The molecule has 0 saturated heterocycles. The van der Waals surface area contributed by atoms with Gasteiger partial charge >= 0.3 is 0 Å². The predicted molar refractivity (Wildman–Crippen MR) is 112 cm³/mol. The van der Waals surface area contributed by atoms with Crippen molar-refractivity contribution in [1.29, 1.82) is 0 Å². The standard InChI is InChI=1S/C25H28O3/c1-25(20-11-12-21(26)15-20,23-14-13-22(27)16-24(23)28)19-9-7-18(8-10-19)17-5-3-2-4-6-17/h7-17,20,26-28H,2-6H2,1H3. The molecule has 146 valence electrons. The fourth-order valence-corrected chi connectivity index (χ4v) is 4.88. The molecule has 0 bridgehead atoms. The number of hydrogen-bond donors (Lipinski definition) is 3. The lowest BCUT2D eigenvalue weighted by atomic mass is 9.67. The maximum atomic E-state index is 10.6. The highest BCUT2D eigenvalue weighted by Crippen LogP contribution is 2.47. The summed E-state index contributed by atoms with van der Waals surface area (Å²) in [5.41, 5.74) is 2.63. The van der Waals surface area contributed by atoms with Crippen LogP contribution in [0.2, 0.25) is 0 Å². The Hall–Kier alpha value is -2.68. The van der Waals surface area contributed by atoms with Gasteiger partial charge in [0, 0.05) is 23.0 Å². The molecule has 0 amide bonds. The Bertz CT molecular complexity index is 904. The van der Waals surface area contributed by atoms with Crippen molar-refractivity contribution in [2.75, 3.05) is 0 Å². The number of rotatable bonds is 4. The van der Waals surface area contributed by atoms with Gasteiger partial charge < -0.3 is 15.3 Å². The largest absolute Gasteiger partial charge is 0.508 e. The molecule has 4 rings (SSSR count). The maximum Gasteiger partial charge on any atom is 0.123 e. The molecule has 2 aliphatic rings. The topological polar surface area (TPSA) is 60.7 Å². The smallest absolute Gasteiger partial charge is 0.123 e. The van der Waals surface area contributed by atoms with Gasteiger partial charge in [-0.2, -0.15) is 0 Å². The van der Waals surface area contributed by atoms with E-state index in [4.69, 9.17) is 0 Å². The minimum absolute atomic E-state index is 0.0385. The summed E-state index contributed by atoms with van der Waals surface area (Å²) in [7, 11) is 0. The molecule has 2 aliphatic carbocycles. The Balaban J connectivity index is 1.76. The molecule has 3 heteroatoms. The molecule has 3 N–H and O–H groups in total. The summed E-state index contributed by atoms with van der Waals surface area (Å²) in [6.45, 7) is 2.08. The second-order valence-electron chi connectivity index (χ2n) is 8.34. The first-order chi connectivity index (χ1) is 13.5. The summed E-state index contributed by atoms with van der Waals surface area (Å²) in [6, 6.07) is 13.5. The van der Waals surface area contributed by atoms with Crippen molar-refractivity contribution in [1.82, 2.24) is 0 Å². The fraction of sp³-hybridized carbons (Fsp3) is 0.360. The van der Waals surface area contributed by atoms with Crippen molar-refractivity contribution >= 4 is 0 Å². The molecule has 2 aromatic carbocycles. The first-order valence-corrected chi connectivity index (χ1v) is 10.2. The van der Waals surface area contributed by atoms with Crippen LogP contribution in [-0.4, -0.2) is 15.3 Å². The molecule has 1 saturated carbocycles. The number of benzene rings is 2. The zero-order valence-corrected chi connectivity index (χ0v) is 16.3. The van der Waals surface area contributed by atoms with Gasteiger partial charge in [0.1, 0.15) is 17.3 Å². The van der Waals surface area contributed by atoms with Crippen LogP contribution in [0.5, 0.6) is 11.5 Å². The minimum Gasteiger partial charge on any atom is -0.508 e. The molecule has 0 heterocycles. The van der Waals surface area contributed by atoms with Gasteiger partial charge in [-0.15, -0.1) is 0 Å². The molecular weight excluding hydrogens is 348 g/mol. The van der Waals surface area contributed by atoms with Gasteiger partial charge in [0.2, 0.25) is 0 Å². The number of aliphatic hydroxyl groups is 1. The molecule has 2 atom stereocenters. The highest BCUT2D eigenvalue weighted by molar-refractivity contribution is 5.52. The minimum atomic E-state index is -0.566. The van der Waals surface area contributed by atoms with Gasteiger partial charge in [-0.05, 0) is 48.1 Å². The number of aliphatic hydroxyl groups excluding tert-OH is 1. The molecule has 0 aromatic heterocycles. The third-order valence-corrected chi connectivity index (χ3v) is 6.62. The van der Waals surface area contributed by atoms with Crippen LogP contribution in [0.4, 0.5) is 0 Å². The van der Waals surface area contributed by atoms with Crippen LogP contribution >= 0.6 is 0 Å². The summed E-state index contributed by atoms with van der Waals surface area (Å²) >= 11 is 0. The monoisotopic (exact) mass is 376 g/mol. The van der Waals surface area contributed by atoms with E-state index < -0.39 is 5.41 Å². The lowest BCUT2D eigenvalue weighted by Gasteiger charge is -2.36. The first kappa shape index (κ1) is 18.7. The van der Waals surface area contributed by atoms with Gasteiger partial charge in [0.25, 0.3) is 0 Å². The van der Waals surface area contributed by atoms with E-state index in [-0.39, 0.29) is 23.2 Å². The molecule has 2 unspecified atom stereocenters. The third-order valence-electron chi connectivity index (χ3n) is 6.62. The van der Waals surface area contributed by atoms with Crippen molar-refractivity contribution in [3.05, 3.63) is 83.1 Å². The van der Waals surface area contributed by atoms with Gasteiger partial charge in [-0.25, -0.2) is 0 Å².